The predicted octanol–water partition coefficient (Wildman–Crippen LogP) is 2.98. The van der Waals surface area contributed by atoms with Crippen LogP contribution >= 0.6 is 0 Å². The van der Waals surface area contributed by atoms with Gasteiger partial charge in [0.05, 0.1) is 23.2 Å². The van der Waals surface area contributed by atoms with Crippen molar-refractivity contribution in [3.63, 3.8) is 0 Å². The lowest BCUT2D eigenvalue weighted by atomic mass is 9.71. The minimum atomic E-state index is -2.62. The number of hydrogen-bond donors (Lipinski definition) is 4. The Morgan fingerprint density at radius 3 is 2.21 bits per heavy atom. The topological polar surface area (TPSA) is 225 Å². The molecule has 2 aliphatic rings. The smallest absolute Gasteiger partial charge is 0.340 e. The number of Topliss-reactive ketones (excluding diaryl/α,β-unsaturated/α-hetero) is 1. The molecule has 3 rings (SSSR count). The highest BCUT2D eigenvalue weighted by molar-refractivity contribution is 5.97. The van der Waals surface area contributed by atoms with Crippen molar-refractivity contribution >= 4 is 29.7 Å². The van der Waals surface area contributed by atoms with E-state index >= 15 is 0 Å². The highest BCUT2D eigenvalue weighted by atomic mass is 17.1. The summed E-state index contributed by atoms with van der Waals surface area (Å²) in [5.74, 6) is -7.78. The molecule has 0 amide bonds. The molecule has 0 saturated heterocycles. The summed E-state index contributed by atoms with van der Waals surface area (Å²) >= 11 is 0. The number of hydrogen-bond acceptors (Lipinski definition) is 15. The van der Waals surface area contributed by atoms with Gasteiger partial charge in [0.1, 0.15) is 23.4 Å². The maximum absolute atomic E-state index is 14.3. The normalized spacial score (nSPS) is 32.9. The van der Waals surface area contributed by atoms with Crippen molar-refractivity contribution in [1.82, 2.24) is 4.98 Å². The van der Waals surface area contributed by atoms with E-state index in [2.05, 4.69) is 23.0 Å². The molecule has 0 aliphatic heterocycles. The molecule has 0 radical (unpaired) electrons. The van der Waals surface area contributed by atoms with E-state index in [0.717, 1.165) is 19.9 Å². The number of ketones is 1. The van der Waals surface area contributed by atoms with E-state index in [1.165, 1.54) is 71.3 Å². The van der Waals surface area contributed by atoms with Crippen molar-refractivity contribution in [3.05, 3.63) is 78.2 Å². The molecule has 1 fully saturated rings. The second-order valence-corrected chi connectivity index (χ2v) is 14.4. The van der Waals surface area contributed by atoms with Gasteiger partial charge in [-0.05, 0) is 63.8 Å². The van der Waals surface area contributed by atoms with Crippen LogP contribution in [0.4, 0.5) is 0 Å². The molecule has 290 valence electrons. The molecule has 0 aromatic carbocycles. The third-order valence-corrected chi connectivity index (χ3v) is 9.78. The van der Waals surface area contributed by atoms with Crippen molar-refractivity contribution < 1.29 is 68.4 Å². The molecule has 0 bridgehead atoms. The third-order valence-electron chi connectivity index (χ3n) is 9.78. The number of aliphatic hydroxyl groups is 3. The maximum atomic E-state index is 14.3. The molecule has 15 heteroatoms. The van der Waals surface area contributed by atoms with Crippen LogP contribution in [0.1, 0.15) is 72.2 Å². The minimum absolute atomic E-state index is 0.00326. The molecule has 1 saturated carbocycles. The first-order chi connectivity index (χ1) is 24.5. The van der Waals surface area contributed by atoms with Crippen LogP contribution in [-0.4, -0.2) is 103 Å². The molecule has 1 aromatic heterocycles. The number of ether oxygens (including phenoxy) is 4. The van der Waals surface area contributed by atoms with Crippen LogP contribution in [0.2, 0.25) is 0 Å². The van der Waals surface area contributed by atoms with Crippen LogP contribution < -0.4 is 0 Å². The summed E-state index contributed by atoms with van der Waals surface area (Å²) in [6.07, 6.45) is -4.01. The zero-order valence-corrected chi connectivity index (χ0v) is 31.1. The van der Waals surface area contributed by atoms with E-state index in [1.807, 2.05) is 0 Å². The van der Waals surface area contributed by atoms with E-state index in [-0.39, 0.29) is 16.7 Å². The highest BCUT2D eigenvalue weighted by Crippen LogP contribution is 2.49. The summed E-state index contributed by atoms with van der Waals surface area (Å²) in [7, 11) is 0. The number of pyridine rings is 1. The fourth-order valence-corrected chi connectivity index (χ4v) is 6.52. The number of rotatable bonds is 9. The van der Waals surface area contributed by atoms with Gasteiger partial charge in [0, 0.05) is 30.3 Å². The average molecular weight is 744 g/mol. The maximum Gasteiger partial charge on any atom is 0.340 e. The van der Waals surface area contributed by atoms with Gasteiger partial charge in [-0.25, -0.2) is 19.3 Å². The van der Waals surface area contributed by atoms with E-state index in [4.69, 9.17) is 24.2 Å². The van der Waals surface area contributed by atoms with Crippen molar-refractivity contribution in [2.75, 3.05) is 0 Å². The SMILES string of the molecule is C=C(C(=O)O[C@@H]1[C@@H]2[C@@H](O)C(=C)[C@H](OC(=O)/C(C)=C\C)[C@@H](OC(C)=O)[C@@H](OC(=O)c3cccnc3)C(C)(C)/C=C\[C@@](C)(O)C(=O)[C@@]2(O)C[C@@H]1C)C(C)OO. The standard InChI is InChI=1S/C38H49NO14/c1-11-19(2)32(42)51-29-22(5)27(41)26-28(50-33(43)21(4)23(6)53-48)20(3)17-38(26,47)35(45)37(10,46)15-14-36(8,9)31(30(29)49-24(7)40)52-34(44)25-13-12-16-39-18-25/h11-16,18,20,23,26-31,41,46-48H,4-5,17H2,1-3,6-10H3/b15-14-,19-11-/t20-,23?,26-,27-,28-,29-,30+,31+,37+,38+/m0/s1. The van der Waals surface area contributed by atoms with Gasteiger partial charge in [-0.15, -0.1) is 0 Å². The van der Waals surface area contributed by atoms with Crippen LogP contribution in [0.3, 0.4) is 0 Å². The quantitative estimate of drug-likeness (QED) is 0.0712. The number of allylic oxidation sites excluding steroid dienone is 1. The lowest BCUT2D eigenvalue weighted by molar-refractivity contribution is -0.264. The summed E-state index contributed by atoms with van der Waals surface area (Å²) in [5, 5.41) is 45.3. The van der Waals surface area contributed by atoms with Crippen LogP contribution in [0.25, 0.3) is 0 Å². The van der Waals surface area contributed by atoms with Gasteiger partial charge >= 0.3 is 23.9 Å². The molecule has 15 nitrogen and oxygen atoms in total. The molecular weight excluding hydrogens is 694 g/mol. The van der Waals surface area contributed by atoms with Gasteiger partial charge in [0.2, 0.25) is 0 Å². The summed E-state index contributed by atoms with van der Waals surface area (Å²) in [6.45, 7) is 18.6. The fraction of sp³-hybridized carbons (Fsp3) is 0.526. The van der Waals surface area contributed by atoms with Crippen LogP contribution in [-0.2, 0) is 43.0 Å². The fourth-order valence-electron chi connectivity index (χ4n) is 6.52. The van der Waals surface area contributed by atoms with E-state index in [9.17, 15) is 39.3 Å². The molecule has 1 heterocycles. The molecule has 10 atom stereocenters. The molecule has 2 aliphatic carbocycles. The first-order valence-corrected chi connectivity index (χ1v) is 16.9. The Bertz CT molecular complexity index is 1660. The van der Waals surface area contributed by atoms with Gasteiger partial charge in [-0.2, -0.15) is 0 Å². The first-order valence-electron chi connectivity index (χ1n) is 16.9. The zero-order valence-electron chi connectivity index (χ0n) is 31.1. The summed E-state index contributed by atoms with van der Waals surface area (Å²) in [6, 6.07) is 2.90. The summed E-state index contributed by atoms with van der Waals surface area (Å²) in [5.41, 5.74) is -7.27. The highest BCUT2D eigenvalue weighted by Gasteiger charge is 2.64. The van der Waals surface area contributed by atoms with Gasteiger partial charge < -0.3 is 34.3 Å². The molecular formula is C38H49NO14. The number of aromatic nitrogens is 1. The zero-order chi connectivity index (χ0) is 40.2. The lowest BCUT2D eigenvalue weighted by Gasteiger charge is -2.44. The van der Waals surface area contributed by atoms with E-state index < -0.39 is 107 Å². The number of esters is 4. The minimum Gasteiger partial charge on any atom is -0.458 e. The van der Waals surface area contributed by atoms with Gasteiger partial charge in [0.15, 0.2) is 24.1 Å². The second kappa shape index (κ2) is 16.6. The average Bonchev–Trinajstić information content (AvgIpc) is 3.37. The number of aliphatic hydroxyl groups excluding tert-OH is 1. The predicted molar refractivity (Wildman–Crippen MR) is 186 cm³/mol. The number of carbonyl (C=O) groups excluding carboxylic acids is 5. The largest absolute Gasteiger partial charge is 0.458 e. The summed E-state index contributed by atoms with van der Waals surface area (Å²) in [4.78, 5) is 75.4. The van der Waals surface area contributed by atoms with Crippen molar-refractivity contribution in [1.29, 1.82) is 0 Å². The van der Waals surface area contributed by atoms with E-state index in [1.54, 1.807) is 6.92 Å². The Morgan fingerprint density at radius 2 is 1.66 bits per heavy atom. The molecule has 53 heavy (non-hydrogen) atoms. The van der Waals surface area contributed by atoms with Gasteiger partial charge in [-0.3, -0.25) is 19.8 Å². The Morgan fingerprint density at radius 1 is 1.02 bits per heavy atom. The molecule has 1 aromatic rings. The van der Waals surface area contributed by atoms with Gasteiger partial charge in [-0.1, -0.05) is 46.1 Å². The number of fused-ring (bicyclic) bond motifs is 1. The number of nitrogens with zero attached hydrogens (tertiary/aromatic N) is 1. The third kappa shape index (κ3) is 9.16. The summed E-state index contributed by atoms with van der Waals surface area (Å²) < 4.78 is 23.3. The van der Waals surface area contributed by atoms with Crippen LogP contribution in [0.15, 0.2) is 72.6 Å². The van der Waals surface area contributed by atoms with Crippen molar-refractivity contribution in [2.45, 2.75) is 110 Å². The Hall–Kier alpha value is -4.54. The van der Waals surface area contributed by atoms with Crippen molar-refractivity contribution in [2.24, 2.45) is 17.3 Å². The van der Waals surface area contributed by atoms with Crippen LogP contribution in [0.5, 0.6) is 0 Å². The first kappa shape index (κ1) is 42.9. The Kier molecular flexibility index (Phi) is 13.5. The lowest BCUT2D eigenvalue weighted by Crippen LogP contribution is -2.60. The van der Waals surface area contributed by atoms with Crippen LogP contribution in [0, 0.1) is 17.3 Å². The van der Waals surface area contributed by atoms with E-state index in [0.29, 0.717) is 0 Å². The van der Waals surface area contributed by atoms with Crippen molar-refractivity contribution in [3.8, 4) is 0 Å². The molecule has 0 spiro atoms. The van der Waals surface area contributed by atoms with Gasteiger partial charge in [0.25, 0.3) is 0 Å². The Balaban J connectivity index is 2.38. The second-order valence-electron chi connectivity index (χ2n) is 14.4. The molecule has 4 N–H and O–H groups in total. The number of carbonyl (C=O) groups is 5. The Labute approximate surface area is 307 Å². The molecule has 1 unspecified atom stereocenters. The monoisotopic (exact) mass is 743 g/mol.